The van der Waals surface area contributed by atoms with Gasteiger partial charge < -0.3 is 10.6 Å². The highest BCUT2D eigenvalue weighted by Crippen LogP contribution is 2.22. The summed E-state index contributed by atoms with van der Waals surface area (Å²) in [6.45, 7) is 3.72. The Kier molecular flexibility index (Phi) is 3.66. The van der Waals surface area contributed by atoms with E-state index in [1.807, 2.05) is 24.3 Å². The molecule has 110 valence electrons. The van der Waals surface area contributed by atoms with Gasteiger partial charge in [0.15, 0.2) is 5.82 Å². The summed E-state index contributed by atoms with van der Waals surface area (Å²) in [5, 5.41) is 17.6. The molecule has 21 heavy (non-hydrogen) atoms. The number of tetrazole rings is 1. The summed E-state index contributed by atoms with van der Waals surface area (Å²) in [4.78, 5) is 12.3. The Hall–Kier alpha value is -2.28. The monoisotopic (exact) mass is 286 g/mol. The van der Waals surface area contributed by atoms with Crippen molar-refractivity contribution in [3.8, 4) is 11.4 Å². The molecule has 2 heterocycles. The van der Waals surface area contributed by atoms with Crippen LogP contribution in [0.5, 0.6) is 0 Å². The second-order valence-electron chi connectivity index (χ2n) is 5.44. The highest BCUT2D eigenvalue weighted by atomic mass is 16.1. The van der Waals surface area contributed by atoms with Gasteiger partial charge in [0.25, 0.3) is 0 Å². The van der Waals surface area contributed by atoms with Gasteiger partial charge in [0.2, 0.25) is 5.91 Å². The van der Waals surface area contributed by atoms with Crippen LogP contribution in [0, 0.1) is 11.8 Å². The van der Waals surface area contributed by atoms with Gasteiger partial charge in [0.05, 0.1) is 5.92 Å². The second kappa shape index (κ2) is 5.61. The van der Waals surface area contributed by atoms with Gasteiger partial charge in [-0.05, 0) is 35.0 Å². The van der Waals surface area contributed by atoms with E-state index in [2.05, 4.69) is 33.1 Å². The Morgan fingerprint density at radius 3 is 2.95 bits per heavy atom. The summed E-state index contributed by atoms with van der Waals surface area (Å²) >= 11 is 0. The van der Waals surface area contributed by atoms with Crippen molar-refractivity contribution < 1.29 is 4.79 Å². The largest absolute Gasteiger partial charge is 0.326 e. The molecule has 0 unspecified atom stereocenters. The average Bonchev–Trinajstić information content (AvgIpc) is 3.07. The lowest BCUT2D eigenvalue weighted by Gasteiger charge is -2.14. The molecule has 2 aromatic rings. The van der Waals surface area contributed by atoms with Crippen LogP contribution in [0.2, 0.25) is 0 Å². The van der Waals surface area contributed by atoms with Crippen LogP contribution in [-0.2, 0) is 11.8 Å². The van der Waals surface area contributed by atoms with E-state index in [4.69, 9.17) is 0 Å². The van der Waals surface area contributed by atoms with Crippen LogP contribution in [0.15, 0.2) is 24.3 Å². The normalized spacial score (nSPS) is 21.4. The first-order chi connectivity index (χ1) is 10.1. The van der Waals surface area contributed by atoms with Gasteiger partial charge >= 0.3 is 0 Å². The highest BCUT2D eigenvalue weighted by molar-refractivity contribution is 5.93. The number of hydrogen-bond donors (Lipinski definition) is 2. The third kappa shape index (κ3) is 2.78. The summed E-state index contributed by atoms with van der Waals surface area (Å²) in [6, 6.07) is 7.56. The number of aromatic nitrogens is 4. The Balaban J connectivity index is 1.77. The van der Waals surface area contributed by atoms with Gasteiger partial charge in [-0.1, -0.05) is 19.1 Å². The molecule has 0 radical (unpaired) electrons. The molecule has 0 saturated carbocycles. The first-order valence-corrected chi connectivity index (χ1v) is 6.99. The maximum atomic E-state index is 12.3. The van der Waals surface area contributed by atoms with Gasteiger partial charge in [0.1, 0.15) is 0 Å². The molecule has 0 aliphatic carbocycles. The molecule has 7 nitrogen and oxygen atoms in total. The number of anilines is 1. The van der Waals surface area contributed by atoms with Crippen molar-refractivity contribution in [3.05, 3.63) is 24.3 Å². The van der Waals surface area contributed by atoms with E-state index < -0.39 is 0 Å². The Morgan fingerprint density at radius 1 is 1.43 bits per heavy atom. The number of amides is 1. The fourth-order valence-electron chi connectivity index (χ4n) is 2.61. The van der Waals surface area contributed by atoms with E-state index in [0.29, 0.717) is 11.7 Å². The topological polar surface area (TPSA) is 84.7 Å². The number of rotatable bonds is 3. The Bertz CT molecular complexity index is 652. The van der Waals surface area contributed by atoms with Gasteiger partial charge in [-0.2, -0.15) is 0 Å². The summed E-state index contributed by atoms with van der Waals surface area (Å²) < 4.78 is 1.60. The molecule has 1 amide bonds. The van der Waals surface area contributed by atoms with Crippen molar-refractivity contribution in [3.63, 3.8) is 0 Å². The SMILES string of the molecule is C[C@@H]1CNC[C@H]1C(=O)Nc1cccc(-c2nnnn2C)c1. The molecular weight excluding hydrogens is 268 g/mol. The van der Waals surface area contributed by atoms with Gasteiger partial charge in [-0.3, -0.25) is 4.79 Å². The van der Waals surface area contributed by atoms with E-state index in [1.54, 1.807) is 11.7 Å². The quantitative estimate of drug-likeness (QED) is 0.866. The van der Waals surface area contributed by atoms with Crippen LogP contribution >= 0.6 is 0 Å². The number of carbonyl (C=O) groups is 1. The highest BCUT2D eigenvalue weighted by Gasteiger charge is 2.29. The first kappa shape index (κ1) is 13.7. The average molecular weight is 286 g/mol. The smallest absolute Gasteiger partial charge is 0.229 e. The molecule has 0 bridgehead atoms. The van der Waals surface area contributed by atoms with E-state index >= 15 is 0 Å². The van der Waals surface area contributed by atoms with Crippen molar-refractivity contribution in [2.24, 2.45) is 18.9 Å². The van der Waals surface area contributed by atoms with Crippen molar-refractivity contribution in [2.45, 2.75) is 6.92 Å². The van der Waals surface area contributed by atoms with Gasteiger partial charge in [0, 0.05) is 24.8 Å². The zero-order chi connectivity index (χ0) is 14.8. The van der Waals surface area contributed by atoms with E-state index in [9.17, 15) is 4.79 Å². The summed E-state index contributed by atoms with van der Waals surface area (Å²) in [6.07, 6.45) is 0. The van der Waals surface area contributed by atoms with Crippen molar-refractivity contribution >= 4 is 11.6 Å². The predicted octanol–water partition coefficient (Wildman–Crippen LogP) is 0.671. The Labute approximate surface area is 122 Å². The summed E-state index contributed by atoms with van der Waals surface area (Å²) in [5.74, 6) is 1.10. The molecule has 0 spiro atoms. The lowest BCUT2D eigenvalue weighted by molar-refractivity contribution is -0.120. The van der Waals surface area contributed by atoms with Crippen LogP contribution in [0.1, 0.15) is 6.92 Å². The lowest BCUT2D eigenvalue weighted by atomic mass is 9.97. The van der Waals surface area contributed by atoms with Crippen LogP contribution in [0.3, 0.4) is 0 Å². The van der Waals surface area contributed by atoms with E-state index in [-0.39, 0.29) is 11.8 Å². The molecule has 1 saturated heterocycles. The predicted molar refractivity (Wildman–Crippen MR) is 78.4 cm³/mol. The third-order valence-electron chi connectivity index (χ3n) is 3.86. The van der Waals surface area contributed by atoms with Gasteiger partial charge in [-0.25, -0.2) is 4.68 Å². The van der Waals surface area contributed by atoms with Crippen molar-refractivity contribution in [1.82, 2.24) is 25.5 Å². The molecule has 2 N–H and O–H groups in total. The van der Waals surface area contributed by atoms with Crippen molar-refractivity contribution in [2.75, 3.05) is 18.4 Å². The number of hydrogen-bond acceptors (Lipinski definition) is 5. The lowest BCUT2D eigenvalue weighted by Crippen LogP contribution is -2.27. The Morgan fingerprint density at radius 2 is 2.29 bits per heavy atom. The second-order valence-corrected chi connectivity index (χ2v) is 5.44. The summed E-state index contributed by atoms with van der Waals surface area (Å²) in [7, 11) is 1.78. The molecule has 7 heteroatoms. The molecular formula is C14H18N6O. The molecule has 1 aromatic carbocycles. The van der Waals surface area contributed by atoms with Crippen molar-refractivity contribution in [1.29, 1.82) is 0 Å². The number of aryl methyl sites for hydroxylation is 1. The number of nitrogens with zero attached hydrogens (tertiary/aromatic N) is 4. The molecule has 2 atom stereocenters. The molecule has 1 aromatic heterocycles. The zero-order valence-corrected chi connectivity index (χ0v) is 12.1. The van der Waals surface area contributed by atoms with Gasteiger partial charge in [-0.15, -0.1) is 5.10 Å². The van der Waals surface area contributed by atoms with Crippen LogP contribution in [0.25, 0.3) is 11.4 Å². The fourth-order valence-corrected chi connectivity index (χ4v) is 2.61. The maximum absolute atomic E-state index is 12.3. The molecule has 1 aliphatic rings. The van der Waals surface area contributed by atoms with E-state index in [0.717, 1.165) is 24.3 Å². The number of carbonyl (C=O) groups excluding carboxylic acids is 1. The minimum absolute atomic E-state index is 0.0187. The van der Waals surface area contributed by atoms with Crippen LogP contribution in [-0.4, -0.2) is 39.2 Å². The first-order valence-electron chi connectivity index (χ1n) is 6.99. The molecule has 3 rings (SSSR count). The number of nitrogens with one attached hydrogen (secondary N) is 2. The number of benzene rings is 1. The molecule has 1 aliphatic heterocycles. The fraction of sp³-hybridized carbons (Fsp3) is 0.429. The minimum atomic E-state index is 0.0187. The summed E-state index contributed by atoms with van der Waals surface area (Å²) in [5.41, 5.74) is 1.64. The zero-order valence-electron chi connectivity index (χ0n) is 12.1. The third-order valence-corrected chi connectivity index (χ3v) is 3.86. The maximum Gasteiger partial charge on any atom is 0.229 e. The van der Waals surface area contributed by atoms with E-state index in [1.165, 1.54) is 0 Å². The minimum Gasteiger partial charge on any atom is -0.326 e. The van der Waals surface area contributed by atoms with Crippen LogP contribution < -0.4 is 10.6 Å². The van der Waals surface area contributed by atoms with Crippen LogP contribution in [0.4, 0.5) is 5.69 Å². The standard InChI is InChI=1S/C14H18N6O/c1-9-7-15-8-12(9)14(21)16-11-5-3-4-10(6-11)13-17-18-19-20(13)2/h3-6,9,12,15H,7-8H2,1-2H3,(H,16,21)/t9-,12-/m1/s1. The molecule has 1 fully saturated rings.